The van der Waals surface area contributed by atoms with Gasteiger partial charge in [0, 0.05) is 19.8 Å². The highest BCUT2D eigenvalue weighted by Crippen LogP contribution is 2.03. The van der Waals surface area contributed by atoms with Crippen LogP contribution in [0.2, 0.25) is 0 Å². The molecule has 66 valence electrons. The number of nitrogens with one attached hydrogen (secondary N) is 1. The fourth-order valence-corrected chi connectivity index (χ4v) is 1.18. The summed E-state index contributed by atoms with van der Waals surface area (Å²) in [6, 6.07) is 0. The standard InChI is InChI=1S/C6H13FN2OS/c1-8-6(9-2)11-4-5(10)3-7/h5,10H,3-4H2,1-2H3,(H,8,9). The maximum absolute atomic E-state index is 11.7. The summed E-state index contributed by atoms with van der Waals surface area (Å²) in [5.41, 5.74) is 0. The Morgan fingerprint density at radius 3 is 2.82 bits per heavy atom. The molecule has 0 heterocycles. The van der Waals surface area contributed by atoms with Gasteiger partial charge in [-0.1, -0.05) is 11.8 Å². The molecule has 2 N–H and O–H groups in total. The summed E-state index contributed by atoms with van der Waals surface area (Å²) >= 11 is 1.30. The minimum absolute atomic E-state index is 0.337. The molecule has 0 spiro atoms. The number of aliphatic hydroxyl groups is 1. The summed E-state index contributed by atoms with van der Waals surface area (Å²) in [7, 11) is 3.37. The van der Waals surface area contributed by atoms with Gasteiger partial charge in [0.1, 0.15) is 6.67 Å². The van der Waals surface area contributed by atoms with E-state index >= 15 is 0 Å². The van der Waals surface area contributed by atoms with Crippen molar-refractivity contribution in [3.8, 4) is 0 Å². The minimum Gasteiger partial charge on any atom is -0.390 e. The fourth-order valence-electron chi connectivity index (χ4n) is 0.468. The molecule has 0 rings (SSSR count). The molecular weight excluding hydrogens is 167 g/mol. The number of halogens is 1. The third-order valence-corrected chi connectivity index (χ3v) is 2.22. The van der Waals surface area contributed by atoms with Gasteiger partial charge in [-0.3, -0.25) is 4.99 Å². The van der Waals surface area contributed by atoms with Gasteiger partial charge in [-0.15, -0.1) is 0 Å². The Kier molecular flexibility index (Phi) is 6.25. The molecule has 0 aliphatic carbocycles. The molecule has 0 fully saturated rings. The highest BCUT2D eigenvalue weighted by atomic mass is 32.2. The zero-order valence-corrected chi connectivity index (χ0v) is 7.49. The van der Waals surface area contributed by atoms with E-state index in [1.165, 1.54) is 11.8 Å². The van der Waals surface area contributed by atoms with Gasteiger partial charge >= 0.3 is 0 Å². The molecule has 0 amide bonds. The van der Waals surface area contributed by atoms with Gasteiger partial charge in [-0.25, -0.2) is 4.39 Å². The van der Waals surface area contributed by atoms with E-state index in [4.69, 9.17) is 5.11 Å². The number of rotatable bonds is 3. The number of alkyl halides is 1. The smallest absolute Gasteiger partial charge is 0.156 e. The van der Waals surface area contributed by atoms with Crippen molar-refractivity contribution in [1.29, 1.82) is 0 Å². The van der Waals surface area contributed by atoms with Crippen LogP contribution in [0.15, 0.2) is 4.99 Å². The van der Waals surface area contributed by atoms with Crippen LogP contribution in [0.4, 0.5) is 4.39 Å². The van der Waals surface area contributed by atoms with Crippen LogP contribution >= 0.6 is 11.8 Å². The SMILES string of the molecule is CN=C(NC)SCC(O)CF. The van der Waals surface area contributed by atoms with Crippen molar-refractivity contribution in [1.82, 2.24) is 5.32 Å². The lowest BCUT2D eigenvalue weighted by atomic mass is 10.5. The Labute approximate surface area is 70.1 Å². The van der Waals surface area contributed by atoms with Crippen LogP contribution in [0.3, 0.4) is 0 Å². The maximum atomic E-state index is 11.7. The lowest BCUT2D eigenvalue weighted by Gasteiger charge is -2.06. The highest BCUT2D eigenvalue weighted by Gasteiger charge is 2.04. The Morgan fingerprint density at radius 1 is 1.82 bits per heavy atom. The Bertz CT molecular complexity index is 132. The van der Waals surface area contributed by atoms with E-state index < -0.39 is 12.8 Å². The molecule has 0 aromatic rings. The van der Waals surface area contributed by atoms with Gasteiger partial charge in [-0.2, -0.15) is 0 Å². The first-order valence-electron chi connectivity index (χ1n) is 3.26. The first-order valence-corrected chi connectivity index (χ1v) is 4.24. The number of aliphatic imine (C=N–C) groups is 1. The number of hydrogen-bond acceptors (Lipinski definition) is 3. The van der Waals surface area contributed by atoms with Gasteiger partial charge in [0.2, 0.25) is 0 Å². The van der Waals surface area contributed by atoms with Crippen LogP contribution in [0, 0.1) is 0 Å². The van der Waals surface area contributed by atoms with E-state index in [1.807, 2.05) is 0 Å². The molecule has 0 aromatic heterocycles. The summed E-state index contributed by atoms with van der Waals surface area (Å²) in [6.45, 7) is -0.701. The molecule has 5 heteroatoms. The van der Waals surface area contributed by atoms with E-state index in [-0.39, 0.29) is 0 Å². The average Bonchev–Trinajstić information content (AvgIpc) is 2.06. The second-order valence-electron chi connectivity index (χ2n) is 1.90. The van der Waals surface area contributed by atoms with Crippen molar-refractivity contribution in [2.45, 2.75) is 6.10 Å². The van der Waals surface area contributed by atoms with Crippen LogP contribution in [0.5, 0.6) is 0 Å². The minimum atomic E-state index is -0.884. The third-order valence-electron chi connectivity index (χ3n) is 1.01. The molecular formula is C6H13FN2OS. The van der Waals surface area contributed by atoms with Crippen molar-refractivity contribution in [2.75, 3.05) is 26.5 Å². The Balaban J connectivity index is 3.51. The molecule has 0 aromatic carbocycles. The number of nitrogens with zero attached hydrogens (tertiary/aromatic N) is 1. The zero-order valence-electron chi connectivity index (χ0n) is 6.67. The third kappa shape index (κ3) is 5.03. The van der Waals surface area contributed by atoms with Gasteiger partial charge in [0.05, 0.1) is 6.10 Å². The van der Waals surface area contributed by atoms with Gasteiger partial charge < -0.3 is 10.4 Å². The quantitative estimate of drug-likeness (QED) is 0.483. The molecule has 0 aliphatic rings. The van der Waals surface area contributed by atoms with E-state index in [9.17, 15) is 4.39 Å². The molecule has 1 unspecified atom stereocenters. The normalized spacial score (nSPS) is 14.7. The monoisotopic (exact) mass is 180 g/mol. The summed E-state index contributed by atoms with van der Waals surface area (Å²) in [5.74, 6) is 0.337. The molecule has 0 saturated heterocycles. The van der Waals surface area contributed by atoms with Crippen molar-refractivity contribution in [3.63, 3.8) is 0 Å². The maximum Gasteiger partial charge on any atom is 0.156 e. The lowest BCUT2D eigenvalue weighted by Crippen LogP contribution is -2.19. The van der Waals surface area contributed by atoms with E-state index in [0.717, 1.165) is 0 Å². The number of aliphatic hydroxyl groups excluding tert-OH is 1. The van der Waals surface area contributed by atoms with Crippen LogP contribution in [-0.2, 0) is 0 Å². The average molecular weight is 180 g/mol. The predicted molar refractivity (Wildman–Crippen MR) is 46.9 cm³/mol. The molecule has 0 bridgehead atoms. The topological polar surface area (TPSA) is 44.6 Å². The van der Waals surface area contributed by atoms with E-state index in [0.29, 0.717) is 10.9 Å². The molecule has 0 radical (unpaired) electrons. The van der Waals surface area contributed by atoms with E-state index in [2.05, 4.69) is 10.3 Å². The van der Waals surface area contributed by atoms with Gasteiger partial charge in [0.25, 0.3) is 0 Å². The first-order chi connectivity index (χ1) is 5.24. The lowest BCUT2D eigenvalue weighted by molar-refractivity contribution is 0.162. The summed E-state index contributed by atoms with van der Waals surface area (Å²) < 4.78 is 11.7. The fraction of sp³-hybridized carbons (Fsp3) is 0.833. The van der Waals surface area contributed by atoms with Crippen LogP contribution < -0.4 is 5.32 Å². The Hall–Kier alpha value is -0.290. The molecule has 1 atom stereocenters. The van der Waals surface area contributed by atoms with Crippen LogP contribution in [-0.4, -0.2) is 42.9 Å². The molecule has 3 nitrogen and oxygen atoms in total. The molecule has 0 aliphatic heterocycles. The molecule has 11 heavy (non-hydrogen) atoms. The summed E-state index contributed by atoms with van der Waals surface area (Å²) in [5, 5.41) is 12.3. The van der Waals surface area contributed by atoms with E-state index in [1.54, 1.807) is 14.1 Å². The molecule has 0 saturated carbocycles. The van der Waals surface area contributed by atoms with Crippen molar-refractivity contribution in [3.05, 3.63) is 0 Å². The largest absolute Gasteiger partial charge is 0.390 e. The van der Waals surface area contributed by atoms with Crippen molar-refractivity contribution >= 4 is 16.9 Å². The first kappa shape index (κ1) is 10.7. The Morgan fingerprint density at radius 2 is 2.45 bits per heavy atom. The second kappa shape index (κ2) is 6.42. The van der Waals surface area contributed by atoms with Gasteiger partial charge in [0.15, 0.2) is 5.17 Å². The summed E-state index contributed by atoms with van der Waals surface area (Å²) in [4.78, 5) is 3.85. The van der Waals surface area contributed by atoms with Crippen LogP contribution in [0.25, 0.3) is 0 Å². The number of thioether (sulfide) groups is 1. The van der Waals surface area contributed by atoms with Gasteiger partial charge in [-0.05, 0) is 0 Å². The number of amidine groups is 1. The zero-order chi connectivity index (χ0) is 8.69. The number of hydrogen-bond donors (Lipinski definition) is 2. The second-order valence-corrected chi connectivity index (χ2v) is 2.91. The van der Waals surface area contributed by atoms with Crippen LogP contribution in [0.1, 0.15) is 0 Å². The highest BCUT2D eigenvalue weighted by molar-refractivity contribution is 8.13. The van der Waals surface area contributed by atoms with Crippen molar-refractivity contribution in [2.24, 2.45) is 4.99 Å². The predicted octanol–water partition coefficient (Wildman–Crippen LogP) is 0.255. The summed E-state index contributed by atoms with van der Waals surface area (Å²) in [6.07, 6.45) is -0.884. The van der Waals surface area contributed by atoms with Crippen molar-refractivity contribution < 1.29 is 9.50 Å².